The van der Waals surface area contributed by atoms with Crippen LogP contribution in [0.25, 0.3) is 0 Å². The minimum atomic E-state index is -0.759. The lowest BCUT2D eigenvalue weighted by Crippen LogP contribution is -2.21. The van der Waals surface area contributed by atoms with Crippen LogP contribution in [0.5, 0.6) is 17.2 Å². The first-order valence-corrected chi connectivity index (χ1v) is 9.27. The smallest absolute Gasteiger partial charge is 0.340 e. The molecule has 0 atom stereocenters. The van der Waals surface area contributed by atoms with Crippen LogP contribution in [0.4, 0.5) is 5.69 Å². The molecule has 150 valence electrons. The SMILES string of the molecule is COc1cc(C(=O)OCC(=O)Nc2cc(Cl)cc(Cl)c2)c(Br)c(OC)c1OC. The van der Waals surface area contributed by atoms with Gasteiger partial charge < -0.3 is 24.3 Å². The number of esters is 1. The molecule has 1 N–H and O–H groups in total. The van der Waals surface area contributed by atoms with Crippen molar-refractivity contribution in [2.24, 2.45) is 0 Å². The van der Waals surface area contributed by atoms with E-state index in [-0.39, 0.29) is 17.1 Å². The van der Waals surface area contributed by atoms with Crippen molar-refractivity contribution < 1.29 is 28.5 Å². The van der Waals surface area contributed by atoms with Gasteiger partial charge in [0.15, 0.2) is 18.1 Å². The van der Waals surface area contributed by atoms with Crippen LogP contribution >= 0.6 is 39.1 Å². The molecule has 0 fully saturated rings. The van der Waals surface area contributed by atoms with Crippen LogP contribution in [-0.2, 0) is 9.53 Å². The van der Waals surface area contributed by atoms with E-state index in [1.807, 2.05) is 0 Å². The first-order chi connectivity index (χ1) is 13.3. The molecule has 0 spiro atoms. The van der Waals surface area contributed by atoms with Gasteiger partial charge in [-0.05, 0) is 40.2 Å². The summed E-state index contributed by atoms with van der Waals surface area (Å²) in [6.07, 6.45) is 0. The van der Waals surface area contributed by atoms with E-state index in [2.05, 4.69) is 21.2 Å². The van der Waals surface area contributed by atoms with Crippen molar-refractivity contribution in [3.63, 3.8) is 0 Å². The summed E-state index contributed by atoms with van der Waals surface area (Å²) >= 11 is 15.0. The molecule has 2 aromatic rings. The van der Waals surface area contributed by atoms with Gasteiger partial charge in [0.25, 0.3) is 5.91 Å². The summed E-state index contributed by atoms with van der Waals surface area (Å²) in [4.78, 5) is 24.5. The molecular weight excluding hydrogens is 477 g/mol. The van der Waals surface area contributed by atoms with Crippen LogP contribution in [-0.4, -0.2) is 39.8 Å². The molecule has 0 aliphatic heterocycles. The first-order valence-electron chi connectivity index (χ1n) is 7.72. The topological polar surface area (TPSA) is 83.1 Å². The Labute approximate surface area is 179 Å². The van der Waals surface area contributed by atoms with E-state index in [0.717, 1.165) is 0 Å². The fraction of sp³-hybridized carbons (Fsp3) is 0.222. The molecule has 0 saturated heterocycles. The normalized spacial score (nSPS) is 10.2. The van der Waals surface area contributed by atoms with Crippen LogP contribution in [0.3, 0.4) is 0 Å². The van der Waals surface area contributed by atoms with Gasteiger partial charge in [-0.1, -0.05) is 23.2 Å². The maximum absolute atomic E-state index is 12.4. The number of carbonyl (C=O) groups excluding carboxylic acids is 2. The van der Waals surface area contributed by atoms with Crippen LogP contribution < -0.4 is 19.5 Å². The van der Waals surface area contributed by atoms with Gasteiger partial charge in [-0.3, -0.25) is 4.79 Å². The lowest BCUT2D eigenvalue weighted by molar-refractivity contribution is -0.119. The van der Waals surface area contributed by atoms with E-state index in [4.69, 9.17) is 42.1 Å². The number of anilines is 1. The van der Waals surface area contributed by atoms with Gasteiger partial charge in [-0.15, -0.1) is 0 Å². The van der Waals surface area contributed by atoms with Gasteiger partial charge in [0.2, 0.25) is 5.75 Å². The molecule has 2 rings (SSSR count). The Morgan fingerprint density at radius 1 is 0.964 bits per heavy atom. The monoisotopic (exact) mass is 491 g/mol. The molecule has 2 aromatic carbocycles. The number of hydrogen-bond acceptors (Lipinski definition) is 6. The van der Waals surface area contributed by atoms with Crippen molar-refractivity contribution >= 4 is 56.7 Å². The number of nitrogens with one attached hydrogen (secondary N) is 1. The fourth-order valence-electron chi connectivity index (χ4n) is 2.30. The maximum Gasteiger partial charge on any atom is 0.340 e. The van der Waals surface area contributed by atoms with Crippen LogP contribution in [0.1, 0.15) is 10.4 Å². The van der Waals surface area contributed by atoms with E-state index < -0.39 is 18.5 Å². The molecule has 7 nitrogen and oxygen atoms in total. The molecule has 28 heavy (non-hydrogen) atoms. The zero-order chi connectivity index (χ0) is 20.8. The summed E-state index contributed by atoms with van der Waals surface area (Å²) in [5.41, 5.74) is 0.487. The van der Waals surface area contributed by atoms with Crippen molar-refractivity contribution in [3.8, 4) is 17.2 Å². The largest absolute Gasteiger partial charge is 0.493 e. The van der Waals surface area contributed by atoms with E-state index >= 15 is 0 Å². The quantitative estimate of drug-likeness (QED) is 0.569. The predicted octanol–water partition coefficient (Wildman–Crippen LogP) is 4.58. The predicted molar refractivity (Wildman–Crippen MR) is 109 cm³/mol. The molecule has 0 unspecified atom stereocenters. The maximum atomic E-state index is 12.4. The third-order valence-electron chi connectivity index (χ3n) is 3.47. The summed E-state index contributed by atoms with van der Waals surface area (Å²) < 4.78 is 21.1. The summed E-state index contributed by atoms with van der Waals surface area (Å²) in [6.45, 7) is -0.522. The van der Waals surface area contributed by atoms with Crippen LogP contribution in [0.2, 0.25) is 10.0 Å². The third-order valence-corrected chi connectivity index (χ3v) is 4.69. The zero-order valence-electron chi connectivity index (χ0n) is 15.1. The Balaban J connectivity index is 2.13. The Kier molecular flexibility index (Phi) is 7.79. The standard InChI is InChI=1S/C18H16BrCl2NO6/c1-25-13-7-12(15(19)17(27-3)16(13)26-2)18(24)28-8-14(23)22-11-5-9(20)4-10(21)6-11/h4-7H,8H2,1-3H3,(H,22,23). The Morgan fingerprint density at radius 3 is 2.11 bits per heavy atom. The minimum Gasteiger partial charge on any atom is -0.493 e. The highest BCUT2D eigenvalue weighted by atomic mass is 79.9. The number of amides is 1. The lowest BCUT2D eigenvalue weighted by atomic mass is 10.2. The Bertz CT molecular complexity index is 886. The second-order valence-electron chi connectivity index (χ2n) is 5.29. The minimum absolute atomic E-state index is 0.105. The summed E-state index contributed by atoms with van der Waals surface area (Å²) in [7, 11) is 4.28. The number of halogens is 3. The van der Waals surface area contributed by atoms with E-state index in [9.17, 15) is 9.59 Å². The molecule has 0 aromatic heterocycles. The summed E-state index contributed by atoms with van der Waals surface area (Å²) in [5.74, 6) is -0.482. The molecular formula is C18H16BrCl2NO6. The average molecular weight is 493 g/mol. The van der Waals surface area contributed by atoms with Crippen molar-refractivity contribution in [1.82, 2.24) is 0 Å². The third kappa shape index (κ3) is 5.21. The molecule has 0 aliphatic rings. The Hall–Kier alpha value is -2.16. The van der Waals surface area contributed by atoms with Crippen LogP contribution in [0, 0.1) is 0 Å². The number of carbonyl (C=O) groups is 2. The summed E-state index contributed by atoms with van der Waals surface area (Å²) in [5, 5.41) is 3.27. The number of methoxy groups -OCH3 is 3. The molecule has 0 saturated carbocycles. The number of ether oxygens (including phenoxy) is 4. The van der Waals surface area contributed by atoms with Crippen molar-refractivity contribution in [1.29, 1.82) is 0 Å². The fourth-order valence-corrected chi connectivity index (χ4v) is 3.45. The highest BCUT2D eigenvalue weighted by Crippen LogP contribution is 2.44. The van der Waals surface area contributed by atoms with E-state index in [1.165, 1.54) is 45.6 Å². The second kappa shape index (κ2) is 9.86. The van der Waals surface area contributed by atoms with Crippen molar-refractivity contribution in [3.05, 3.63) is 44.3 Å². The van der Waals surface area contributed by atoms with Gasteiger partial charge >= 0.3 is 5.97 Å². The second-order valence-corrected chi connectivity index (χ2v) is 6.96. The molecule has 1 amide bonds. The number of hydrogen-bond donors (Lipinski definition) is 1. The number of benzene rings is 2. The van der Waals surface area contributed by atoms with Crippen LogP contribution in [0.15, 0.2) is 28.7 Å². The van der Waals surface area contributed by atoms with Gasteiger partial charge in [0.05, 0.1) is 31.4 Å². The van der Waals surface area contributed by atoms with Gasteiger partial charge in [0, 0.05) is 15.7 Å². The summed E-state index contributed by atoms with van der Waals surface area (Å²) in [6, 6.07) is 5.98. The van der Waals surface area contributed by atoms with Gasteiger partial charge in [-0.2, -0.15) is 0 Å². The van der Waals surface area contributed by atoms with Gasteiger partial charge in [0.1, 0.15) is 0 Å². The molecule has 0 bridgehead atoms. The molecule has 0 radical (unpaired) electrons. The van der Waals surface area contributed by atoms with Crippen molar-refractivity contribution in [2.45, 2.75) is 0 Å². The van der Waals surface area contributed by atoms with E-state index in [0.29, 0.717) is 26.0 Å². The van der Waals surface area contributed by atoms with Gasteiger partial charge in [-0.25, -0.2) is 4.79 Å². The zero-order valence-corrected chi connectivity index (χ0v) is 18.2. The molecule has 10 heteroatoms. The number of rotatable bonds is 7. The first kappa shape index (κ1) is 22.1. The molecule has 0 aliphatic carbocycles. The Morgan fingerprint density at radius 2 is 1.57 bits per heavy atom. The highest BCUT2D eigenvalue weighted by Gasteiger charge is 2.24. The molecule has 0 heterocycles. The van der Waals surface area contributed by atoms with E-state index in [1.54, 1.807) is 0 Å². The highest BCUT2D eigenvalue weighted by molar-refractivity contribution is 9.10. The lowest BCUT2D eigenvalue weighted by Gasteiger charge is -2.16. The average Bonchev–Trinajstić information content (AvgIpc) is 2.64. The van der Waals surface area contributed by atoms with Crippen molar-refractivity contribution in [2.75, 3.05) is 33.3 Å².